The molecule has 0 aliphatic carbocycles. The van der Waals surface area contributed by atoms with E-state index in [1.807, 2.05) is 0 Å². The lowest BCUT2D eigenvalue weighted by molar-refractivity contribution is -0.138. The highest BCUT2D eigenvalue weighted by Crippen LogP contribution is 2.11. The molecule has 0 rings (SSSR count). The Morgan fingerprint density at radius 2 is 2.42 bits per heavy atom. The number of carboxylic acids is 1. The molecule has 0 bridgehead atoms. The first kappa shape index (κ1) is 11.1. The average Bonchev–Trinajstić information content (AvgIpc) is 2.00. The molecule has 3 N–H and O–H groups in total. The molecule has 0 aromatic carbocycles. The first-order valence-electron chi connectivity index (χ1n) is 3.20. The third-order valence-corrected chi connectivity index (χ3v) is 1.75. The fourth-order valence-electron chi connectivity index (χ4n) is 0.594. The molecule has 0 heterocycles. The van der Waals surface area contributed by atoms with Gasteiger partial charge in [-0.15, -0.1) is 4.91 Å². The van der Waals surface area contributed by atoms with Crippen molar-refractivity contribution in [1.29, 1.82) is 0 Å². The number of hydrogen-bond donors (Lipinski definition) is 2. The first-order chi connectivity index (χ1) is 5.57. The minimum atomic E-state index is -1.05. The number of nitroso groups, excluding NO2 is 1. The molecule has 0 fully saturated rings. The fourth-order valence-corrected chi connectivity index (χ4v) is 0.913. The van der Waals surface area contributed by atoms with Gasteiger partial charge >= 0.3 is 5.97 Å². The number of nitrogens with zero attached hydrogens (tertiary/aromatic N) is 1. The van der Waals surface area contributed by atoms with Gasteiger partial charge < -0.3 is 10.8 Å². The van der Waals surface area contributed by atoms with Gasteiger partial charge in [-0.25, -0.2) is 0 Å². The predicted octanol–water partition coefficient (Wildman–Crippen LogP) is 1.11. The molecule has 0 amide bonds. The number of carbonyl (C=O) groups is 1. The molecule has 0 unspecified atom stereocenters. The van der Waals surface area contributed by atoms with Crippen molar-refractivity contribution in [2.45, 2.75) is 19.4 Å². The van der Waals surface area contributed by atoms with E-state index in [-0.39, 0.29) is 6.42 Å². The molecule has 0 aliphatic rings. The van der Waals surface area contributed by atoms with Crippen LogP contribution >= 0.6 is 11.9 Å². The standard InChI is InChI=1S/C6H10N2O3S/c1-4(3-12-8-11)2-5(7)6(9)10/h3,5H,2,7H2,1H3,(H,9,10)/t5-/m0/s1. The highest BCUT2D eigenvalue weighted by molar-refractivity contribution is 8.00. The van der Waals surface area contributed by atoms with Crippen molar-refractivity contribution in [3.05, 3.63) is 15.9 Å². The molecule has 0 spiro atoms. The molecule has 6 heteroatoms. The lowest BCUT2D eigenvalue weighted by Gasteiger charge is -2.04. The molecule has 0 radical (unpaired) electrons. The van der Waals surface area contributed by atoms with Crippen molar-refractivity contribution in [1.82, 2.24) is 0 Å². The van der Waals surface area contributed by atoms with E-state index >= 15 is 0 Å². The fraction of sp³-hybridized carbons (Fsp3) is 0.500. The van der Waals surface area contributed by atoms with Crippen LogP contribution in [-0.4, -0.2) is 17.1 Å². The SMILES string of the molecule is CC(=CSN=O)C[C@H](N)C(=O)O. The summed E-state index contributed by atoms with van der Waals surface area (Å²) in [5, 5.41) is 9.89. The van der Waals surface area contributed by atoms with Crippen LogP contribution < -0.4 is 5.73 Å². The summed E-state index contributed by atoms with van der Waals surface area (Å²) in [6.45, 7) is 1.70. The molecule has 68 valence electrons. The van der Waals surface area contributed by atoms with Crippen molar-refractivity contribution in [2.24, 2.45) is 10.3 Å². The second-order valence-electron chi connectivity index (χ2n) is 2.29. The molecule has 0 saturated carbocycles. The van der Waals surface area contributed by atoms with Gasteiger partial charge in [0.1, 0.15) is 6.04 Å². The molecule has 0 saturated heterocycles. The van der Waals surface area contributed by atoms with Crippen LogP contribution in [0.3, 0.4) is 0 Å². The smallest absolute Gasteiger partial charge is 0.320 e. The quantitative estimate of drug-likeness (QED) is 0.500. The van der Waals surface area contributed by atoms with Gasteiger partial charge in [0, 0.05) is 16.5 Å². The van der Waals surface area contributed by atoms with E-state index in [1.165, 1.54) is 5.41 Å². The van der Waals surface area contributed by atoms with Gasteiger partial charge in [-0.1, -0.05) is 5.57 Å². The number of aliphatic carboxylic acids is 1. The van der Waals surface area contributed by atoms with Gasteiger partial charge in [-0.2, -0.15) is 0 Å². The predicted molar refractivity (Wildman–Crippen MR) is 47.4 cm³/mol. The van der Waals surface area contributed by atoms with E-state index < -0.39 is 12.0 Å². The average molecular weight is 190 g/mol. The minimum absolute atomic E-state index is 0.234. The van der Waals surface area contributed by atoms with E-state index in [1.54, 1.807) is 6.92 Å². The summed E-state index contributed by atoms with van der Waals surface area (Å²) < 4.78 is 2.53. The zero-order valence-electron chi connectivity index (χ0n) is 6.56. The van der Waals surface area contributed by atoms with Gasteiger partial charge in [-0.05, 0) is 18.8 Å². The van der Waals surface area contributed by atoms with Crippen LogP contribution in [0.1, 0.15) is 13.3 Å². The zero-order valence-corrected chi connectivity index (χ0v) is 7.37. The van der Waals surface area contributed by atoms with Crippen LogP contribution in [0.2, 0.25) is 0 Å². The number of hydrogen-bond acceptors (Lipinski definition) is 5. The van der Waals surface area contributed by atoms with E-state index in [0.717, 1.165) is 17.5 Å². The summed E-state index contributed by atoms with van der Waals surface area (Å²) in [4.78, 5) is 19.9. The van der Waals surface area contributed by atoms with Crippen molar-refractivity contribution >= 4 is 17.9 Å². The van der Waals surface area contributed by atoms with E-state index in [0.29, 0.717) is 0 Å². The Bertz CT molecular complexity index is 205. The molecule has 5 nitrogen and oxygen atoms in total. The topological polar surface area (TPSA) is 92.8 Å². The summed E-state index contributed by atoms with van der Waals surface area (Å²) in [5.41, 5.74) is 5.96. The monoisotopic (exact) mass is 190 g/mol. The third kappa shape index (κ3) is 4.86. The molecule has 0 aromatic rings. The van der Waals surface area contributed by atoms with Gasteiger partial charge in [-0.3, -0.25) is 4.79 Å². The van der Waals surface area contributed by atoms with Gasteiger partial charge in [0.2, 0.25) is 0 Å². The molecule has 12 heavy (non-hydrogen) atoms. The Labute approximate surface area is 74.1 Å². The van der Waals surface area contributed by atoms with Gasteiger partial charge in [0.25, 0.3) is 0 Å². The van der Waals surface area contributed by atoms with Crippen molar-refractivity contribution in [2.75, 3.05) is 0 Å². The van der Waals surface area contributed by atoms with Crippen molar-refractivity contribution in [3.8, 4) is 0 Å². The Morgan fingerprint density at radius 3 is 2.83 bits per heavy atom. The molecular weight excluding hydrogens is 180 g/mol. The maximum atomic E-state index is 10.3. The number of carboxylic acid groups (broad SMARTS) is 1. The summed E-state index contributed by atoms with van der Waals surface area (Å²) in [6, 6.07) is -0.909. The summed E-state index contributed by atoms with van der Waals surface area (Å²) in [5.74, 6) is -1.05. The van der Waals surface area contributed by atoms with Crippen LogP contribution in [0.4, 0.5) is 0 Å². The van der Waals surface area contributed by atoms with Crippen LogP contribution in [0.15, 0.2) is 15.6 Å². The number of nitrogens with two attached hydrogens (primary N) is 1. The van der Waals surface area contributed by atoms with E-state index in [9.17, 15) is 9.70 Å². The Hall–Kier alpha value is -0.880. The van der Waals surface area contributed by atoms with Crippen LogP contribution in [0, 0.1) is 4.91 Å². The lowest BCUT2D eigenvalue weighted by atomic mass is 10.1. The van der Waals surface area contributed by atoms with Crippen molar-refractivity contribution in [3.63, 3.8) is 0 Å². The zero-order chi connectivity index (χ0) is 9.56. The molecule has 0 aromatic heterocycles. The molecular formula is C6H10N2O3S. The van der Waals surface area contributed by atoms with E-state index in [2.05, 4.69) is 4.58 Å². The normalized spacial score (nSPS) is 14.0. The van der Waals surface area contributed by atoms with Crippen LogP contribution in [0.5, 0.6) is 0 Å². The number of rotatable bonds is 5. The maximum Gasteiger partial charge on any atom is 0.320 e. The maximum absolute atomic E-state index is 10.3. The Morgan fingerprint density at radius 1 is 1.83 bits per heavy atom. The van der Waals surface area contributed by atoms with Crippen LogP contribution in [-0.2, 0) is 4.79 Å². The van der Waals surface area contributed by atoms with Crippen LogP contribution in [0.25, 0.3) is 0 Å². The lowest BCUT2D eigenvalue weighted by Crippen LogP contribution is -2.30. The Kier molecular flexibility index (Phi) is 5.31. The third-order valence-electron chi connectivity index (χ3n) is 1.16. The second-order valence-corrected chi connectivity index (χ2v) is 2.89. The van der Waals surface area contributed by atoms with Crippen molar-refractivity contribution < 1.29 is 9.90 Å². The molecule has 1 atom stereocenters. The summed E-state index contributed by atoms with van der Waals surface area (Å²) in [7, 11) is 0. The summed E-state index contributed by atoms with van der Waals surface area (Å²) in [6.07, 6.45) is 0.234. The van der Waals surface area contributed by atoms with E-state index in [4.69, 9.17) is 10.8 Å². The molecule has 0 aliphatic heterocycles. The minimum Gasteiger partial charge on any atom is -0.480 e. The highest BCUT2D eigenvalue weighted by Gasteiger charge is 2.11. The van der Waals surface area contributed by atoms with Gasteiger partial charge in [0.15, 0.2) is 0 Å². The second kappa shape index (κ2) is 5.73. The summed E-state index contributed by atoms with van der Waals surface area (Å²) >= 11 is 0.729. The highest BCUT2D eigenvalue weighted by atomic mass is 32.2. The Balaban J connectivity index is 3.90. The van der Waals surface area contributed by atoms with Gasteiger partial charge in [0.05, 0.1) is 0 Å². The first-order valence-corrected chi connectivity index (χ1v) is 4.04. The largest absolute Gasteiger partial charge is 0.480 e.